The molecule has 2 aromatic rings. The van der Waals surface area contributed by atoms with Gasteiger partial charge < -0.3 is 19.3 Å². The largest absolute Gasteiger partial charge is 0.463 e. The normalized spacial score (nSPS) is 26.3. The number of hydrogen-bond acceptors (Lipinski definition) is 5. The minimum absolute atomic E-state index is 0.00504. The highest BCUT2D eigenvalue weighted by Gasteiger charge is 2.56. The first-order valence-corrected chi connectivity index (χ1v) is 8.49. The number of aromatic amines is 1. The molecular formula is C17H18N4O4. The average Bonchev–Trinajstić information content (AvgIpc) is 3.19. The molecule has 25 heavy (non-hydrogen) atoms. The predicted octanol–water partition coefficient (Wildman–Crippen LogP) is 0.620. The Labute approximate surface area is 143 Å². The second-order valence-corrected chi connectivity index (χ2v) is 7.13. The molecule has 3 fully saturated rings. The van der Waals surface area contributed by atoms with E-state index in [1.807, 2.05) is 0 Å². The Balaban J connectivity index is 1.30. The van der Waals surface area contributed by atoms with Gasteiger partial charge in [-0.2, -0.15) is 5.10 Å². The van der Waals surface area contributed by atoms with Gasteiger partial charge in [-0.1, -0.05) is 0 Å². The van der Waals surface area contributed by atoms with Crippen molar-refractivity contribution < 1.29 is 19.1 Å². The summed E-state index contributed by atoms with van der Waals surface area (Å²) in [5.74, 6) is 0.315. The van der Waals surface area contributed by atoms with Gasteiger partial charge in [0.15, 0.2) is 11.5 Å². The maximum Gasteiger partial charge on any atom is 0.274 e. The van der Waals surface area contributed by atoms with E-state index in [1.165, 1.54) is 0 Å². The smallest absolute Gasteiger partial charge is 0.274 e. The molecule has 1 aliphatic carbocycles. The van der Waals surface area contributed by atoms with Gasteiger partial charge in [0.1, 0.15) is 11.3 Å². The van der Waals surface area contributed by atoms with Crippen LogP contribution in [0.3, 0.4) is 0 Å². The summed E-state index contributed by atoms with van der Waals surface area (Å²) in [7, 11) is 0. The van der Waals surface area contributed by atoms with Gasteiger partial charge in [-0.05, 0) is 31.4 Å². The van der Waals surface area contributed by atoms with Crippen molar-refractivity contribution in [2.45, 2.75) is 36.9 Å². The summed E-state index contributed by atoms with van der Waals surface area (Å²) in [5, 5.41) is 17.0. The number of nitrogens with zero attached hydrogens (tertiary/aromatic N) is 3. The minimum Gasteiger partial charge on any atom is -0.463 e. The zero-order chi connectivity index (χ0) is 17.2. The maximum atomic E-state index is 12.8. The van der Waals surface area contributed by atoms with Gasteiger partial charge >= 0.3 is 0 Å². The van der Waals surface area contributed by atoms with E-state index in [4.69, 9.17) is 4.42 Å². The molecule has 2 aromatic heterocycles. The van der Waals surface area contributed by atoms with Crippen LogP contribution >= 0.6 is 0 Å². The number of rotatable bonds is 3. The molecule has 4 heterocycles. The van der Waals surface area contributed by atoms with Crippen molar-refractivity contribution in [1.82, 2.24) is 20.0 Å². The number of piperazine rings is 1. The summed E-state index contributed by atoms with van der Waals surface area (Å²) in [5.41, 5.74) is -0.137. The molecular weight excluding hydrogens is 324 g/mol. The summed E-state index contributed by atoms with van der Waals surface area (Å²) in [6.45, 7) is 0.987. The van der Waals surface area contributed by atoms with Crippen LogP contribution in [0, 0.1) is 0 Å². The van der Waals surface area contributed by atoms with Crippen molar-refractivity contribution in [3.8, 4) is 11.5 Å². The van der Waals surface area contributed by atoms with Crippen molar-refractivity contribution in [2.75, 3.05) is 13.1 Å². The van der Waals surface area contributed by atoms with Crippen LogP contribution in [0.1, 0.15) is 29.8 Å². The van der Waals surface area contributed by atoms with E-state index in [0.717, 1.165) is 6.42 Å². The number of likely N-dealkylation sites (tertiary alicyclic amines) is 2. The van der Waals surface area contributed by atoms with Gasteiger partial charge in [0.05, 0.1) is 18.3 Å². The first-order chi connectivity index (χ1) is 12.0. The van der Waals surface area contributed by atoms with Gasteiger partial charge in [-0.15, -0.1) is 0 Å². The number of amides is 2. The number of carbonyl (C=O) groups is 2. The summed E-state index contributed by atoms with van der Waals surface area (Å²) in [6, 6.07) is 5.24. The quantitative estimate of drug-likeness (QED) is 0.851. The van der Waals surface area contributed by atoms with Gasteiger partial charge in [0.25, 0.3) is 11.8 Å². The lowest BCUT2D eigenvalue weighted by Gasteiger charge is -2.35. The van der Waals surface area contributed by atoms with E-state index in [0.29, 0.717) is 43.1 Å². The maximum absolute atomic E-state index is 12.8. The molecule has 5 rings (SSSR count). The second-order valence-electron chi connectivity index (χ2n) is 7.13. The first kappa shape index (κ1) is 14.7. The van der Waals surface area contributed by atoms with Crippen molar-refractivity contribution in [2.24, 2.45) is 0 Å². The molecule has 2 saturated heterocycles. The Bertz CT molecular complexity index is 839. The molecule has 1 saturated carbocycles. The zero-order valence-corrected chi connectivity index (χ0v) is 13.5. The number of fused-ring (bicyclic) bond motifs is 2. The van der Waals surface area contributed by atoms with Crippen LogP contribution in [0.4, 0.5) is 0 Å². The lowest BCUT2D eigenvalue weighted by Crippen LogP contribution is -2.53. The van der Waals surface area contributed by atoms with Crippen molar-refractivity contribution in [3.05, 3.63) is 30.2 Å². The third kappa shape index (κ3) is 2.21. The lowest BCUT2D eigenvalue weighted by molar-refractivity contribution is -0.144. The van der Waals surface area contributed by atoms with Crippen LogP contribution in [-0.4, -0.2) is 67.7 Å². The molecule has 0 radical (unpaired) electrons. The van der Waals surface area contributed by atoms with Crippen molar-refractivity contribution >= 4 is 11.8 Å². The fraction of sp³-hybridized carbons (Fsp3) is 0.471. The number of aromatic nitrogens is 2. The molecule has 8 nitrogen and oxygen atoms in total. The molecule has 0 spiro atoms. The highest BCUT2D eigenvalue weighted by atomic mass is 16.3. The lowest BCUT2D eigenvalue weighted by atomic mass is 10.2. The molecule has 2 atom stereocenters. The first-order valence-electron chi connectivity index (χ1n) is 8.49. The van der Waals surface area contributed by atoms with Crippen LogP contribution in [-0.2, 0) is 4.79 Å². The van der Waals surface area contributed by atoms with Crippen LogP contribution in [0.25, 0.3) is 11.5 Å². The number of carbonyl (C=O) groups excluding carboxylic acids is 2. The van der Waals surface area contributed by atoms with Crippen molar-refractivity contribution in [3.63, 3.8) is 0 Å². The number of furan rings is 1. The van der Waals surface area contributed by atoms with E-state index in [-0.39, 0.29) is 23.9 Å². The molecule has 0 aromatic carbocycles. The molecule has 2 aliphatic heterocycles. The van der Waals surface area contributed by atoms with Crippen LogP contribution < -0.4 is 0 Å². The summed E-state index contributed by atoms with van der Waals surface area (Å²) < 4.78 is 5.30. The minimum atomic E-state index is -1.14. The summed E-state index contributed by atoms with van der Waals surface area (Å²) >= 11 is 0. The number of H-pyrrole nitrogens is 1. The SMILES string of the molecule is O=C(c1cc(-c2ccco2)[nH]n1)N1C[C@@H]2C[C@H]1CN2C(=O)C1(O)CC1. The molecule has 2 N–H and O–H groups in total. The third-order valence-corrected chi connectivity index (χ3v) is 5.47. The molecule has 2 bridgehead atoms. The Morgan fingerprint density at radius 1 is 1.28 bits per heavy atom. The number of nitrogens with one attached hydrogen (secondary N) is 1. The molecule has 0 unspecified atom stereocenters. The zero-order valence-electron chi connectivity index (χ0n) is 13.5. The second kappa shape index (κ2) is 4.95. The Hall–Kier alpha value is -2.61. The van der Waals surface area contributed by atoms with Crippen LogP contribution in [0.15, 0.2) is 28.9 Å². The third-order valence-electron chi connectivity index (χ3n) is 5.47. The van der Waals surface area contributed by atoms with E-state index in [1.54, 1.807) is 34.3 Å². The highest BCUT2D eigenvalue weighted by Crippen LogP contribution is 2.41. The topological polar surface area (TPSA) is 103 Å². The standard InChI is InChI=1S/C17H18N4O4/c22-15(13-7-12(18-19-13)14-2-1-5-25-14)20-8-11-6-10(20)9-21(11)16(23)17(24)3-4-17/h1-2,5,7,10-11,24H,3-4,6,8-9H2,(H,18,19)/t10-,11-/m0/s1. The number of hydrogen-bond donors (Lipinski definition) is 2. The highest BCUT2D eigenvalue weighted by molar-refractivity contribution is 5.94. The Morgan fingerprint density at radius 3 is 2.68 bits per heavy atom. The van der Waals surface area contributed by atoms with Gasteiger partial charge in [0.2, 0.25) is 0 Å². The van der Waals surface area contributed by atoms with E-state index >= 15 is 0 Å². The van der Waals surface area contributed by atoms with Gasteiger partial charge in [-0.25, -0.2) is 0 Å². The summed E-state index contributed by atoms with van der Waals surface area (Å²) in [4.78, 5) is 28.6. The predicted molar refractivity (Wildman–Crippen MR) is 85.4 cm³/mol. The van der Waals surface area contributed by atoms with Gasteiger partial charge in [-0.3, -0.25) is 14.7 Å². The van der Waals surface area contributed by atoms with E-state index in [2.05, 4.69) is 10.2 Å². The number of aliphatic hydroxyl groups is 1. The monoisotopic (exact) mass is 342 g/mol. The van der Waals surface area contributed by atoms with Crippen LogP contribution in [0.5, 0.6) is 0 Å². The van der Waals surface area contributed by atoms with E-state index in [9.17, 15) is 14.7 Å². The summed E-state index contributed by atoms with van der Waals surface area (Å²) in [6.07, 6.45) is 3.43. The van der Waals surface area contributed by atoms with Crippen LogP contribution in [0.2, 0.25) is 0 Å². The fourth-order valence-corrected chi connectivity index (χ4v) is 3.90. The van der Waals surface area contributed by atoms with Crippen molar-refractivity contribution in [1.29, 1.82) is 0 Å². The molecule has 130 valence electrons. The van der Waals surface area contributed by atoms with E-state index < -0.39 is 5.60 Å². The average molecular weight is 342 g/mol. The Kier molecular flexibility index (Phi) is 2.91. The van der Waals surface area contributed by atoms with Gasteiger partial charge in [0, 0.05) is 19.2 Å². The molecule has 2 amide bonds. The fourth-order valence-electron chi connectivity index (χ4n) is 3.90. The molecule has 3 aliphatic rings. The molecule has 8 heteroatoms. The Morgan fingerprint density at radius 2 is 2.04 bits per heavy atom.